The maximum absolute atomic E-state index is 10.9. The number of carbonyl (C=O) groups is 1. The van der Waals surface area contributed by atoms with Gasteiger partial charge in [-0.1, -0.05) is 6.08 Å². The summed E-state index contributed by atoms with van der Waals surface area (Å²) in [6, 6.07) is -0.194. The first-order valence-electron chi connectivity index (χ1n) is 3.44. The van der Waals surface area contributed by atoms with E-state index in [1.54, 1.807) is 6.08 Å². The van der Waals surface area contributed by atoms with Crippen LogP contribution in [0.2, 0.25) is 0 Å². The fraction of sp³-hybridized carbons (Fsp3) is 0.571. The molecule has 4 heteroatoms. The quantitative estimate of drug-likeness (QED) is 0.586. The van der Waals surface area contributed by atoms with Gasteiger partial charge in [-0.25, -0.2) is 4.79 Å². The lowest BCUT2D eigenvalue weighted by molar-refractivity contribution is 0.158. The topological polar surface area (TPSA) is 49.8 Å². The van der Waals surface area contributed by atoms with Gasteiger partial charge >= 0.3 is 6.09 Å². The summed E-state index contributed by atoms with van der Waals surface area (Å²) in [7, 11) is 0. The van der Waals surface area contributed by atoms with Crippen LogP contribution in [-0.4, -0.2) is 41.9 Å². The Bertz CT molecular complexity index is 169. The molecule has 0 aliphatic carbocycles. The van der Waals surface area contributed by atoms with Crippen molar-refractivity contribution in [2.24, 2.45) is 0 Å². The zero-order valence-corrected chi connectivity index (χ0v) is 6.19. The summed E-state index contributed by atoms with van der Waals surface area (Å²) in [5.74, 6) is 0. The molecular formula is C7H11NO3. The van der Waals surface area contributed by atoms with Gasteiger partial charge < -0.3 is 9.84 Å². The van der Waals surface area contributed by atoms with E-state index in [-0.39, 0.29) is 25.3 Å². The Hall–Kier alpha value is -1.03. The van der Waals surface area contributed by atoms with Gasteiger partial charge in [-0.15, -0.1) is 6.58 Å². The molecule has 1 rings (SSSR count). The maximum atomic E-state index is 10.9. The fourth-order valence-electron chi connectivity index (χ4n) is 1.00. The number of carbonyl (C=O) groups excluding carboxylic acids is 1. The highest BCUT2D eigenvalue weighted by molar-refractivity contribution is 5.70. The third kappa shape index (κ3) is 1.51. The lowest BCUT2D eigenvalue weighted by atomic mass is 10.3. The Kier molecular flexibility index (Phi) is 2.48. The molecule has 1 N–H and O–H groups in total. The summed E-state index contributed by atoms with van der Waals surface area (Å²) < 4.78 is 4.70. The van der Waals surface area contributed by atoms with Crippen LogP contribution >= 0.6 is 0 Å². The van der Waals surface area contributed by atoms with Crippen molar-refractivity contribution in [2.45, 2.75) is 6.04 Å². The van der Waals surface area contributed by atoms with Gasteiger partial charge in [0, 0.05) is 6.54 Å². The number of aliphatic hydroxyl groups excluding tert-OH is 1. The summed E-state index contributed by atoms with van der Waals surface area (Å²) in [5, 5.41) is 8.77. The molecule has 0 aromatic heterocycles. The van der Waals surface area contributed by atoms with Crippen LogP contribution in [0.5, 0.6) is 0 Å². The second kappa shape index (κ2) is 3.39. The summed E-state index contributed by atoms with van der Waals surface area (Å²) in [6.45, 7) is 4.16. The van der Waals surface area contributed by atoms with Gasteiger partial charge in [0.25, 0.3) is 0 Å². The van der Waals surface area contributed by atoms with Gasteiger partial charge in [-0.05, 0) is 0 Å². The number of nitrogens with zero attached hydrogens (tertiary/aromatic N) is 1. The Morgan fingerprint density at radius 1 is 1.91 bits per heavy atom. The van der Waals surface area contributed by atoms with Crippen molar-refractivity contribution in [1.82, 2.24) is 4.90 Å². The lowest BCUT2D eigenvalue weighted by Gasteiger charge is -2.16. The van der Waals surface area contributed by atoms with Crippen molar-refractivity contribution in [3.63, 3.8) is 0 Å². The smallest absolute Gasteiger partial charge is 0.410 e. The number of aliphatic hydroxyl groups is 1. The number of hydrogen-bond donors (Lipinski definition) is 1. The Balaban J connectivity index is 2.55. The second-order valence-corrected chi connectivity index (χ2v) is 2.35. The Morgan fingerprint density at radius 3 is 3.18 bits per heavy atom. The molecule has 11 heavy (non-hydrogen) atoms. The van der Waals surface area contributed by atoms with Crippen molar-refractivity contribution >= 4 is 6.09 Å². The molecule has 0 radical (unpaired) electrons. The third-order valence-corrected chi connectivity index (χ3v) is 1.61. The third-order valence-electron chi connectivity index (χ3n) is 1.61. The number of cyclic esters (lactones) is 1. The summed E-state index contributed by atoms with van der Waals surface area (Å²) in [5.41, 5.74) is 0. The molecule has 1 atom stereocenters. The van der Waals surface area contributed by atoms with E-state index in [4.69, 9.17) is 9.84 Å². The molecule has 0 aromatic rings. The van der Waals surface area contributed by atoms with E-state index >= 15 is 0 Å². The Morgan fingerprint density at radius 2 is 2.64 bits per heavy atom. The van der Waals surface area contributed by atoms with Crippen LogP contribution in [0.15, 0.2) is 12.7 Å². The maximum Gasteiger partial charge on any atom is 0.410 e. The predicted molar refractivity (Wildman–Crippen MR) is 39.1 cm³/mol. The molecule has 0 aromatic carbocycles. The van der Waals surface area contributed by atoms with Crippen LogP contribution in [0.3, 0.4) is 0 Å². The summed E-state index contributed by atoms with van der Waals surface area (Å²) >= 11 is 0. The van der Waals surface area contributed by atoms with E-state index in [1.807, 2.05) is 0 Å². The van der Waals surface area contributed by atoms with Crippen LogP contribution in [0.1, 0.15) is 0 Å². The predicted octanol–water partition coefficient (Wildman–Crippen LogP) is -0.0145. The van der Waals surface area contributed by atoms with E-state index in [0.29, 0.717) is 6.54 Å². The molecule has 1 saturated heterocycles. The molecule has 1 heterocycles. The first-order valence-corrected chi connectivity index (χ1v) is 3.44. The molecular weight excluding hydrogens is 146 g/mol. The van der Waals surface area contributed by atoms with Crippen molar-refractivity contribution in [2.75, 3.05) is 19.8 Å². The average Bonchev–Trinajstić information content (AvgIpc) is 2.34. The molecule has 1 aliphatic rings. The van der Waals surface area contributed by atoms with Crippen molar-refractivity contribution in [3.05, 3.63) is 12.7 Å². The standard InChI is InChI=1S/C7H11NO3/c1-2-3-8-6(4-9)5-11-7(8)10/h2,6,9H,1,3-5H2. The fourth-order valence-corrected chi connectivity index (χ4v) is 1.00. The first kappa shape index (κ1) is 8.07. The number of amides is 1. The van der Waals surface area contributed by atoms with Crippen LogP contribution in [-0.2, 0) is 4.74 Å². The van der Waals surface area contributed by atoms with Crippen molar-refractivity contribution < 1.29 is 14.6 Å². The minimum absolute atomic E-state index is 0.0560. The SMILES string of the molecule is C=CCN1C(=O)OCC1CO. The van der Waals surface area contributed by atoms with Gasteiger partial charge in [0.05, 0.1) is 12.6 Å². The van der Waals surface area contributed by atoms with E-state index in [0.717, 1.165) is 0 Å². The Labute approximate surface area is 65.1 Å². The molecule has 62 valence electrons. The van der Waals surface area contributed by atoms with Crippen LogP contribution in [0, 0.1) is 0 Å². The molecule has 1 unspecified atom stereocenters. The van der Waals surface area contributed by atoms with Crippen molar-refractivity contribution in [3.8, 4) is 0 Å². The van der Waals surface area contributed by atoms with Crippen LogP contribution in [0.25, 0.3) is 0 Å². The lowest BCUT2D eigenvalue weighted by Crippen LogP contribution is -2.35. The molecule has 1 amide bonds. The summed E-state index contributed by atoms with van der Waals surface area (Å²) in [4.78, 5) is 12.3. The highest BCUT2D eigenvalue weighted by Crippen LogP contribution is 2.10. The molecule has 1 fully saturated rings. The van der Waals surface area contributed by atoms with E-state index in [1.165, 1.54) is 4.90 Å². The van der Waals surface area contributed by atoms with Gasteiger partial charge in [0.1, 0.15) is 6.61 Å². The number of hydrogen-bond acceptors (Lipinski definition) is 3. The molecule has 1 aliphatic heterocycles. The minimum atomic E-state index is -0.371. The summed E-state index contributed by atoms with van der Waals surface area (Å²) in [6.07, 6.45) is 1.24. The molecule has 0 bridgehead atoms. The zero-order chi connectivity index (χ0) is 8.27. The highest BCUT2D eigenvalue weighted by Gasteiger charge is 2.30. The zero-order valence-electron chi connectivity index (χ0n) is 6.19. The average molecular weight is 157 g/mol. The largest absolute Gasteiger partial charge is 0.447 e. The number of ether oxygens (including phenoxy) is 1. The van der Waals surface area contributed by atoms with E-state index < -0.39 is 0 Å². The molecule has 0 spiro atoms. The first-order chi connectivity index (χ1) is 5.29. The normalized spacial score (nSPS) is 23.5. The van der Waals surface area contributed by atoms with Crippen LogP contribution in [0.4, 0.5) is 4.79 Å². The highest BCUT2D eigenvalue weighted by atomic mass is 16.6. The molecule has 0 saturated carbocycles. The molecule has 4 nitrogen and oxygen atoms in total. The minimum Gasteiger partial charge on any atom is -0.447 e. The van der Waals surface area contributed by atoms with E-state index in [9.17, 15) is 4.79 Å². The monoisotopic (exact) mass is 157 g/mol. The van der Waals surface area contributed by atoms with E-state index in [2.05, 4.69) is 6.58 Å². The van der Waals surface area contributed by atoms with Gasteiger partial charge in [-0.2, -0.15) is 0 Å². The van der Waals surface area contributed by atoms with Crippen LogP contribution < -0.4 is 0 Å². The van der Waals surface area contributed by atoms with Gasteiger partial charge in [-0.3, -0.25) is 4.90 Å². The van der Waals surface area contributed by atoms with Crippen molar-refractivity contribution in [1.29, 1.82) is 0 Å². The van der Waals surface area contributed by atoms with Gasteiger partial charge in [0.15, 0.2) is 0 Å². The van der Waals surface area contributed by atoms with Gasteiger partial charge in [0.2, 0.25) is 0 Å². The number of rotatable bonds is 3. The second-order valence-electron chi connectivity index (χ2n) is 2.35.